The molecule has 1 saturated heterocycles. The van der Waals surface area contributed by atoms with E-state index in [0.29, 0.717) is 11.6 Å². The van der Waals surface area contributed by atoms with Crippen LogP contribution < -0.4 is 16.2 Å². The summed E-state index contributed by atoms with van der Waals surface area (Å²) in [7, 11) is 0. The molecule has 0 radical (unpaired) electrons. The second-order valence-corrected chi connectivity index (χ2v) is 4.65. The number of carbonyl (C=O) groups is 1. The molecule has 104 valence electrons. The minimum absolute atomic E-state index is 0.130. The van der Waals surface area contributed by atoms with E-state index < -0.39 is 0 Å². The minimum Gasteiger partial charge on any atom is -0.355 e. The summed E-state index contributed by atoms with van der Waals surface area (Å²) in [4.78, 5) is 24.0. The highest BCUT2D eigenvalue weighted by Crippen LogP contribution is 2.17. The molecule has 2 heterocycles. The maximum atomic E-state index is 11.4. The summed E-state index contributed by atoms with van der Waals surface area (Å²) in [6.07, 6.45) is 0.939. The summed E-state index contributed by atoms with van der Waals surface area (Å²) in [5, 5.41) is 0. The van der Waals surface area contributed by atoms with Crippen molar-refractivity contribution in [2.45, 2.75) is 20.3 Å². The molecule has 7 heteroatoms. The van der Waals surface area contributed by atoms with Crippen LogP contribution in [0.1, 0.15) is 19.2 Å². The maximum Gasteiger partial charge on any atom is 0.219 e. The molecule has 1 aliphatic rings. The van der Waals surface area contributed by atoms with Crippen LogP contribution in [0.3, 0.4) is 0 Å². The summed E-state index contributed by atoms with van der Waals surface area (Å²) in [5.41, 5.74) is 2.55. The van der Waals surface area contributed by atoms with Gasteiger partial charge >= 0.3 is 0 Å². The van der Waals surface area contributed by atoms with Crippen LogP contribution >= 0.6 is 0 Å². The molecule has 19 heavy (non-hydrogen) atoms. The molecule has 0 aliphatic carbocycles. The maximum absolute atomic E-state index is 11.4. The van der Waals surface area contributed by atoms with Crippen molar-refractivity contribution in [3.63, 3.8) is 0 Å². The first-order chi connectivity index (χ1) is 9.10. The number of nitrogens with two attached hydrogens (primary N) is 1. The Hall–Kier alpha value is -1.89. The third-order valence-corrected chi connectivity index (χ3v) is 3.24. The van der Waals surface area contributed by atoms with Crippen LogP contribution in [0.2, 0.25) is 0 Å². The van der Waals surface area contributed by atoms with Gasteiger partial charge in [0, 0.05) is 39.2 Å². The third-order valence-electron chi connectivity index (χ3n) is 3.24. The van der Waals surface area contributed by atoms with Gasteiger partial charge in [-0.05, 0) is 13.3 Å². The average molecular weight is 264 g/mol. The highest BCUT2D eigenvalue weighted by molar-refractivity contribution is 5.73. The summed E-state index contributed by atoms with van der Waals surface area (Å²) in [6, 6.07) is 1.83. The van der Waals surface area contributed by atoms with Gasteiger partial charge < -0.3 is 15.2 Å². The number of nitrogens with one attached hydrogen (secondary N) is 1. The summed E-state index contributed by atoms with van der Waals surface area (Å²) in [6.45, 7) is 6.64. The summed E-state index contributed by atoms with van der Waals surface area (Å²) >= 11 is 0. The average Bonchev–Trinajstić information content (AvgIpc) is 2.63. The van der Waals surface area contributed by atoms with Crippen molar-refractivity contribution in [1.82, 2.24) is 14.9 Å². The van der Waals surface area contributed by atoms with Gasteiger partial charge in [0.2, 0.25) is 5.91 Å². The molecule has 0 spiro atoms. The van der Waals surface area contributed by atoms with Crippen LogP contribution in [0.25, 0.3) is 0 Å². The van der Waals surface area contributed by atoms with Crippen LogP contribution in [0, 0.1) is 6.92 Å². The number of aryl methyl sites for hydroxylation is 1. The normalized spacial score (nSPS) is 16.2. The lowest BCUT2D eigenvalue weighted by Crippen LogP contribution is -2.34. The van der Waals surface area contributed by atoms with Crippen molar-refractivity contribution in [3.8, 4) is 0 Å². The molecule has 1 amide bonds. The molecule has 0 atom stereocenters. The Kier molecular flexibility index (Phi) is 4.16. The summed E-state index contributed by atoms with van der Waals surface area (Å²) < 4.78 is 0. The number of amides is 1. The van der Waals surface area contributed by atoms with Crippen LogP contribution in [0.5, 0.6) is 0 Å². The molecule has 0 unspecified atom stereocenters. The fraction of sp³-hybridized carbons (Fsp3) is 0.583. The van der Waals surface area contributed by atoms with E-state index in [0.717, 1.165) is 38.4 Å². The number of anilines is 2. The first-order valence-corrected chi connectivity index (χ1v) is 6.43. The van der Waals surface area contributed by atoms with E-state index in [1.807, 2.05) is 17.9 Å². The highest BCUT2D eigenvalue weighted by atomic mass is 16.2. The SMILES string of the molecule is CC(=O)N1CCCN(c2cc(NN)nc(C)n2)CC1. The fourth-order valence-corrected chi connectivity index (χ4v) is 2.25. The number of hydrogen-bond donors (Lipinski definition) is 2. The Morgan fingerprint density at radius 2 is 2.11 bits per heavy atom. The zero-order valence-corrected chi connectivity index (χ0v) is 11.4. The number of carbonyl (C=O) groups excluding carboxylic acids is 1. The molecule has 1 aliphatic heterocycles. The number of nitrogens with zero attached hydrogens (tertiary/aromatic N) is 4. The molecule has 3 N–H and O–H groups in total. The smallest absolute Gasteiger partial charge is 0.219 e. The van der Waals surface area contributed by atoms with Gasteiger partial charge in [-0.3, -0.25) is 4.79 Å². The van der Waals surface area contributed by atoms with E-state index in [-0.39, 0.29) is 5.91 Å². The second kappa shape index (κ2) is 5.83. The quantitative estimate of drug-likeness (QED) is 0.583. The van der Waals surface area contributed by atoms with Gasteiger partial charge in [-0.15, -0.1) is 0 Å². The van der Waals surface area contributed by atoms with E-state index in [9.17, 15) is 4.79 Å². The molecular weight excluding hydrogens is 244 g/mol. The number of hydrogen-bond acceptors (Lipinski definition) is 6. The van der Waals surface area contributed by atoms with E-state index in [1.54, 1.807) is 6.92 Å². The third kappa shape index (κ3) is 3.31. The molecule has 1 fully saturated rings. The van der Waals surface area contributed by atoms with Crippen molar-refractivity contribution in [2.24, 2.45) is 5.84 Å². The molecule has 1 aromatic heterocycles. The second-order valence-electron chi connectivity index (χ2n) is 4.65. The lowest BCUT2D eigenvalue weighted by molar-refractivity contribution is -0.128. The zero-order chi connectivity index (χ0) is 13.8. The van der Waals surface area contributed by atoms with Crippen LogP contribution in [0.4, 0.5) is 11.6 Å². The lowest BCUT2D eigenvalue weighted by Gasteiger charge is -2.22. The van der Waals surface area contributed by atoms with E-state index in [4.69, 9.17) is 5.84 Å². The van der Waals surface area contributed by atoms with Gasteiger partial charge in [-0.1, -0.05) is 0 Å². The van der Waals surface area contributed by atoms with Crippen LogP contribution in [-0.4, -0.2) is 47.0 Å². The fourth-order valence-electron chi connectivity index (χ4n) is 2.25. The van der Waals surface area contributed by atoms with Gasteiger partial charge in [-0.25, -0.2) is 15.8 Å². The Bertz CT molecular complexity index is 464. The minimum atomic E-state index is 0.130. The van der Waals surface area contributed by atoms with Crippen molar-refractivity contribution in [1.29, 1.82) is 0 Å². The number of rotatable bonds is 2. The van der Waals surface area contributed by atoms with Crippen molar-refractivity contribution in [2.75, 3.05) is 36.5 Å². The molecular formula is C12H20N6O. The first-order valence-electron chi connectivity index (χ1n) is 6.43. The van der Waals surface area contributed by atoms with Gasteiger partial charge in [0.15, 0.2) is 0 Å². The van der Waals surface area contributed by atoms with Crippen LogP contribution in [-0.2, 0) is 4.79 Å². The van der Waals surface area contributed by atoms with Gasteiger partial charge in [0.05, 0.1) is 0 Å². The Labute approximate surface area is 112 Å². The molecule has 1 aromatic rings. The van der Waals surface area contributed by atoms with E-state index in [2.05, 4.69) is 20.3 Å². The number of nitrogen functional groups attached to an aromatic ring is 1. The first kappa shape index (κ1) is 13.5. The Morgan fingerprint density at radius 1 is 1.32 bits per heavy atom. The number of hydrazine groups is 1. The monoisotopic (exact) mass is 264 g/mol. The van der Waals surface area contributed by atoms with Gasteiger partial charge in [-0.2, -0.15) is 0 Å². The van der Waals surface area contributed by atoms with Crippen LogP contribution in [0.15, 0.2) is 6.07 Å². The predicted octanol–water partition coefficient (Wildman–Crippen LogP) is 0.129. The number of aromatic nitrogens is 2. The van der Waals surface area contributed by atoms with Crippen molar-refractivity contribution < 1.29 is 4.79 Å². The van der Waals surface area contributed by atoms with Gasteiger partial charge in [0.1, 0.15) is 17.5 Å². The zero-order valence-electron chi connectivity index (χ0n) is 11.4. The standard InChI is InChI=1S/C12H20N6O/c1-9-14-11(16-13)8-12(15-9)18-5-3-4-17(6-7-18)10(2)19/h8H,3-7,13H2,1-2H3,(H,14,15,16). The molecule has 0 bridgehead atoms. The van der Waals surface area contributed by atoms with Crippen molar-refractivity contribution in [3.05, 3.63) is 11.9 Å². The Morgan fingerprint density at radius 3 is 2.79 bits per heavy atom. The predicted molar refractivity (Wildman–Crippen MR) is 73.7 cm³/mol. The lowest BCUT2D eigenvalue weighted by atomic mass is 10.3. The van der Waals surface area contributed by atoms with Crippen molar-refractivity contribution >= 4 is 17.5 Å². The van der Waals surface area contributed by atoms with E-state index >= 15 is 0 Å². The topological polar surface area (TPSA) is 87.4 Å². The van der Waals surface area contributed by atoms with E-state index in [1.165, 1.54) is 0 Å². The molecule has 7 nitrogen and oxygen atoms in total. The molecule has 0 saturated carbocycles. The molecule has 2 rings (SSSR count). The highest BCUT2D eigenvalue weighted by Gasteiger charge is 2.18. The Balaban J connectivity index is 2.13. The molecule has 0 aromatic carbocycles. The van der Waals surface area contributed by atoms with Gasteiger partial charge in [0.25, 0.3) is 0 Å². The largest absolute Gasteiger partial charge is 0.355 e. The summed E-state index contributed by atoms with van der Waals surface area (Å²) in [5.74, 6) is 7.67.